The zero-order chi connectivity index (χ0) is 17.0. The number of hydrogen-bond acceptors (Lipinski definition) is 5. The van der Waals surface area contributed by atoms with E-state index in [0.29, 0.717) is 12.2 Å². The molecule has 1 unspecified atom stereocenters. The lowest BCUT2D eigenvalue weighted by Gasteiger charge is -2.22. The van der Waals surface area contributed by atoms with E-state index in [1.807, 2.05) is 20.8 Å². The van der Waals surface area contributed by atoms with E-state index in [-0.39, 0.29) is 29.4 Å². The van der Waals surface area contributed by atoms with E-state index in [2.05, 4.69) is 0 Å². The third kappa shape index (κ3) is 4.51. The van der Waals surface area contributed by atoms with Crippen molar-refractivity contribution in [2.75, 3.05) is 13.2 Å². The van der Waals surface area contributed by atoms with E-state index in [1.165, 1.54) is 6.07 Å². The third-order valence-corrected chi connectivity index (χ3v) is 3.91. The van der Waals surface area contributed by atoms with Gasteiger partial charge in [0, 0.05) is 18.2 Å². The molecule has 0 N–H and O–H groups in total. The van der Waals surface area contributed by atoms with Crippen LogP contribution in [0.25, 0.3) is 0 Å². The number of benzene rings is 1. The molecule has 0 saturated carbocycles. The van der Waals surface area contributed by atoms with Gasteiger partial charge in [-0.1, -0.05) is 26.8 Å². The zero-order valence-electron chi connectivity index (χ0n) is 13.8. The number of nitro groups is 1. The van der Waals surface area contributed by atoms with Gasteiger partial charge in [0.05, 0.1) is 16.6 Å². The topological polar surface area (TPSA) is 78.7 Å². The molecule has 6 heteroatoms. The van der Waals surface area contributed by atoms with Crippen LogP contribution in [0, 0.1) is 10.1 Å². The molecule has 126 valence electrons. The molecule has 6 nitrogen and oxygen atoms in total. The van der Waals surface area contributed by atoms with Gasteiger partial charge in [-0.25, -0.2) is 4.79 Å². The molecule has 1 aromatic rings. The van der Waals surface area contributed by atoms with Crippen molar-refractivity contribution < 1.29 is 19.2 Å². The molecule has 1 heterocycles. The van der Waals surface area contributed by atoms with Gasteiger partial charge in [0.15, 0.2) is 0 Å². The number of nitrogens with zero attached hydrogens (tertiary/aromatic N) is 1. The van der Waals surface area contributed by atoms with Crippen LogP contribution in [0.5, 0.6) is 0 Å². The maximum absolute atomic E-state index is 12.1. The highest BCUT2D eigenvalue weighted by Gasteiger charge is 2.26. The van der Waals surface area contributed by atoms with E-state index in [9.17, 15) is 14.9 Å². The van der Waals surface area contributed by atoms with Crippen LogP contribution < -0.4 is 0 Å². The molecule has 1 aliphatic heterocycles. The Morgan fingerprint density at radius 2 is 2.13 bits per heavy atom. The van der Waals surface area contributed by atoms with Crippen LogP contribution in [-0.2, 0) is 14.9 Å². The van der Waals surface area contributed by atoms with Gasteiger partial charge in [0.25, 0.3) is 5.69 Å². The van der Waals surface area contributed by atoms with Gasteiger partial charge in [0.2, 0.25) is 0 Å². The first kappa shape index (κ1) is 17.4. The number of hydrogen-bond donors (Lipinski definition) is 0. The standard InChI is InChI=1S/C17H23NO5/c1-17(2,3)14-8-7-12(10-15(14)18(20)21)16(19)23-11-13-6-4-5-9-22-13/h7-8,10,13H,4-6,9,11H2,1-3H3. The minimum absolute atomic E-state index is 0.0548. The summed E-state index contributed by atoms with van der Waals surface area (Å²) in [5.74, 6) is -0.553. The highest BCUT2D eigenvalue weighted by Crippen LogP contribution is 2.32. The predicted molar refractivity (Wildman–Crippen MR) is 85.7 cm³/mol. The average Bonchev–Trinajstić information content (AvgIpc) is 2.52. The average molecular weight is 321 g/mol. The van der Waals surface area contributed by atoms with Crippen molar-refractivity contribution in [1.29, 1.82) is 0 Å². The summed E-state index contributed by atoms with van der Waals surface area (Å²) in [5.41, 5.74) is 0.358. The summed E-state index contributed by atoms with van der Waals surface area (Å²) in [6.45, 7) is 6.57. The molecule has 1 aromatic carbocycles. The van der Waals surface area contributed by atoms with E-state index in [0.717, 1.165) is 19.3 Å². The van der Waals surface area contributed by atoms with Crippen molar-refractivity contribution in [2.24, 2.45) is 0 Å². The monoisotopic (exact) mass is 321 g/mol. The predicted octanol–water partition coefficient (Wildman–Crippen LogP) is 3.62. The molecule has 0 bridgehead atoms. The summed E-state index contributed by atoms with van der Waals surface area (Å²) in [7, 11) is 0. The van der Waals surface area contributed by atoms with E-state index < -0.39 is 10.9 Å². The van der Waals surface area contributed by atoms with Gasteiger partial charge in [-0.05, 0) is 30.7 Å². The van der Waals surface area contributed by atoms with Crippen LogP contribution in [0.3, 0.4) is 0 Å². The molecule has 23 heavy (non-hydrogen) atoms. The Balaban J connectivity index is 2.11. The highest BCUT2D eigenvalue weighted by atomic mass is 16.6. The second-order valence-electron chi connectivity index (χ2n) is 6.83. The summed E-state index contributed by atoms with van der Waals surface area (Å²) in [4.78, 5) is 22.9. The Morgan fingerprint density at radius 3 is 2.70 bits per heavy atom. The summed E-state index contributed by atoms with van der Waals surface area (Å²) in [6.07, 6.45) is 2.89. The fourth-order valence-corrected chi connectivity index (χ4v) is 2.63. The highest BCUT2D eigenvalue weighted by molar-refractivity contribution is 5.90. The fourth-order valence-electron chi connectivity index (χ4n) is 2.63. The Kier molecular flexibility index (Phi) is 5.36. The summed E-state index contributed by atoms with van der Waals surface area (Å²) in [6, 6.07) is 4.51. The lowest BCUT2D eigenvalue weighted by atomic mass is 9.85. The minimum Gasteiger partial charge on any atom is -0.459 e. The second-order valence-corrected chi connectivity index (χ2v) is 6.83. The molecule has 0 aliphatic carbocycles. The number of carbonyl (C=O) groups is 1. The first-order valence-electron chi connectivity index (χ1n) is 7.86. The molecule has 1 fully saturated rings. The Labute approximate surface area is 135 Å². The van der Waals surface area contributed by atoms with Crippen LogP contribution in [0.1, 0.15) is 56.0 Å². The first-order valence-corrected chi connectivity index (χ1v) is 7.86. The van der Waals surface area contributed by atoms with Crippen LogP contribution in [-0.4, -0.2) is 30.2 Å². The molecular formula is C17H23NO5. The van der Waals surface area contributed by atoms with Crippen LogP contribution in [0.2, 0.25) is 0 Å². The normalized spacial score (nSPS) is 18.5. The van der Waals surface area contributed by atoms with Gasteiger partial charge < -0.3 is 9.47 Å². The molecule has 2 rings (SSSR count). The van der Waals surface area contributed by atoms with Crippen molar-refractivity contribution in [3.63, 3.8) is 0 Å². The summed E-state index contributed by atoms with van der Waals surface area (Å²) < 4.78 is 10.7. The number of carbonyl (C=O) groups excluding carboxylic acids is 1. The van der Waals surface area contributed by atoms with Crippen LogP contribution >= 0.6 is 0 Å². The number of esters is 1. The van der Waals surface area contributed by atoms with Gasteiger partial charge >= 0.3 is 5.97 Å². The summed E-state index contributed by atoms with van der Waals surface area (Å²) >= 11 is 0. The molecule has 1 atom stereocenters. The van der Waals surface area contributed by atoms with Crippen molar-refractivity contribution in [1.82, 2.24) is 0 Å². The molecule has 0 spiro atoms. The van der Waals surface area contributed by atoms with Gasteiger partial charge in [-0.2, -0.15) is 0 Å². The smallest absolute Gasteiger partial charge is 0.338 e. The van der Waals surface area contributed by atoms with Gasteiger partial charge in [-0.3, -0.25) is 10.1 Å². The number of nitro benzene ring substituents is 1. The van der Waals surface area contributed by atoms with Crippen LogP contribution in [0.4, 0.5) is 5.69 Å². The van der Waals surface area contributed by atoms with E-state index >= 15 is 0 Å². The fraction of sp³-hybridized carbons (Fsp3) is 0.588. The second kappa shape index (κ2) is 7.08. The van der Waals surface area contributed by atoms with E-state index in [1.54, 1.807) is 12.1 Å². The van der Waals surface area contributed by atoms with E-state index in [4.69, 9.17) is 9.47 Å². The lowest BCUT2D eigenvalue weighted by molar-refractivity contribution is -0.386. The molecular weight excluding hydrogens is 298 g/mol. The van der Waals surface area contributed by atoms with Crippen molar-refractivity contribution in [2.45, 2.75) is 51.6 Å². The first-order chi connectivity index (χ1) is 10.8. The molecule has 1 aliphatic rings. The van der Waals surface area contributed by atoms with Crippen LogP contribution in [0.15, 0.2) is 18.2 Å². The largest absolute Gasteiger partial charge is 0.459 e. The quantitative estimate of drug-likeness (QED) is 0.481. The Hall–Kier alpha value is -1.95. The molecule has 0 amide bonds. The van der Waals surface area contributed by atoms with Gasteiger partial charge in [0.1, 0.15) is 6.61 Å². The van der Waals surface area contributed by atoms with Gasteiger partial charge in [-0.15, -0.1) is 0 Å². The number of ether oxygens (including phenoxy) is 2. The lowest BCUT2D eigenvalue weighted by Crippen LogP contribution is -2.26. The third-order valence-electron chi connectivity index (χ3n) is 3.91. The Bertz CT molecular complexity index is 585. The van der Waals surface area contributed by atoms with Crippen molar-refractivity contribution in [3.05, 3.63) is 39.4 Å². The molecule has 0 aromatic heterocycles. The van der Waals surface area contributed by atoms with Crippen molar-refractivity contribution >= 4 is 11.7 Å². The minimum atomic E-state index is -0.553. The summed E-state index contributed by atoms with van der Waals surface area (Å²) in [5, 5.41) is 11.3. The molecule has 1 saturated heterocycles. The Morgan fingerprint density at radius 1 is 1.39 bits per heavy atom. The maximum Gasteiger partial charge on any atom is 0.338 e. The SMILES string of the molecule is CC(C)(C)c1ccc(C(=O)OCC2CCCCO2)cc1[N+](=O)[O-]. The van der Waals surface area contributed by atoms with Crippen molar-refractivity contribution in [3.8, 4) is 0 Å². The maximum atomic E-state index is 12.1. The molecule has 0 radical (unpaired) electrons. The number of rotatable bonds is 4. The zero-order valence-corrected chi connectivity index (χ0v) is 13.8.